The van der Waals surface area contributed by atoms with Gasteiger partial charge in [0.05, 0.1) is 45.7 Å². The molecule has 0 saturated carbocycles. The number of hydrogen-bond donors (Lipinski definition) is 4. The van der Waals surface area contributed by atoms with Gasteiger partial charge >= 0.3 is 23.0 Å². The fourth-order valence-electron chi connectivity index (χ4n) is 7.19. The third-order valence-corrected chi connectivity index (χ3v) is 10.8. The van der Waals surface area contributed by atoms with E-state index < -0.39 is 58.9 Å². The van der Waals surface area contributed by atoms with E-state index in [4.69, 9.17) is 34.0 Å². The van der Waals surface area contributed by atoms with E-state index in [-0.39, 0.29) is 18.6 Å². The Bertz CT molecular complexity index is 1850. The minimum absolute atomic E-state index is 0.0370. The molecule has 4 unspecified atom stereocenters. The zero-order chi connectivity index (χ0) is 44.6. The smallest absolute Gasteiger partial charge is 0.486 e. The van der Waals surface area contributed by atoms with Crippen molar-refractivity contribution in [1.29, 1.82) is 5.26 Å². The van der Waals surface area contributed by atoms with Gasteiger partial charge in [-0.15, -0.1) is 4.84 Å². The zero-order valence-electron chi connectivity index (χ0n) is 35.3. The van der Waals surface area contributed by atoms with Crippen LogP contribution in [-0.4, -0.2) is 120 Å². The number of rotatable bonds is 25. The molecular weight excluding hydrogens is 786 g/mol. The zero-order valence-corrected chi connectivity index (χ0v) is 35.3. The van der Waals surface area contributed by atoms with Crippen molar-refractivity contribution in [3.8, 4) is 29.1 Å². The second-order valence-corrected chi connectivity index (χ2v) is 14.9. The van der Waals surface area contributed by atoms with E-state index in [0.29, 0.717) is 68.3 Å². The second-order valence-electron chi connectivity index (χ2n) is 14.9. The van der Waals surface area contributed by atoms with Gasteiger partial charge in [0.1, 0.15) is 4.91 Å². The lowest BCUT2D eigenvalue weighted by molar-refractivity contribution is -0.970. The largest absolute Gasteiger partial charge is 0.493 e. The van der Waals surface area contributed by atoms with Crippen molar-refractivity contribution in [2.75, 3.05) is 54.6 Å². The number of methoxy groups -OCH3 is 3. The van der Waals surface area contributed by atoms with Gasteiger partial charge < -0.3 is 34.3 Å². The summed E-state index contributed by atoms with van der Waals surface area (Å²) in [6.07, 6.45) is 0.580. The van der Waals surface area contributed by atoms with Gasteiger partial charge in [0.2, 0.25) is 0 Å². The number of carboxylic acids is 2. The molecule has 1 saturated heterocycles. The normalized spacial score (nSPS) is 16.2. The summed E-state index contributed by atoms with van der Waals surface area (Å²) in [6, 6.07) is 13.8. The maximum Gasteiger partial charge on any atom is 0.486 e. The van der Waals surface area contributed by atoms with E-state index in [1.807, 2.05) is 37.4 Å². The number of hydrazine groups is 1. The quantitative estimate of drug-likeness (QED) is 0.103. The number of aliphatic hydroxyl groups is 1. The predicted octanol–water partition coefficient (Wildman–Crippen LogP) is 4.11. The molecule has 1 amide bonds. The molecule has 0 radical (unpaired) electrons. The first kappa shape index (κ1) is 48.7. The number of benzene rings is 2. The molecule has 1 fully saturated rings. The van der Waals surface area contributed by atoms with Gasteiger partial charge in [-0.3, -0.25) is 19.9 Å². The standard InChI is InChI=1S/C41H57N5O14/c1-8-16-40(26-42,31-11-13-32(55-5)34(22-31)57-7)17-9-18-44(4)27(2)30-10-12-33(56-6)35(21-30)58-25-36(47)43-45-19-14-29(15-20-45)28(3)59-46(54)60-38(50)24-41(53,39(51)52)23-37(48)49/h10-13,21-22,27-29,53H,8-9,14-20,23-25H2,1-7H3,(H2-,43,47,48,49,51,52)/p+1. The van der Waals surface area contributed by atoms with Crippen molar-refractivity contribution >= 4 is 23.8 Å². The van der Waals surface area contributed by atoms with Crippen LogP contribution in [0, 0.1) is 22.2 Å². The third-order valence-electron chi connectivity index (χ3n) is 10.8. The lowest BCUT2D eigenvalue weighted by Gasteiger charge is -2.32. The molecular formula is C41H58N5O14+. The molecule has 1 aliphatic rings. The number of amides is 1. The molecule has 19 heteroatoms. The number of carbonyl (C=O) groups is 4. The van der Waals surface area contributed by atoms with Crippen LogP contribution in [0.4, 0.5) is 0 Å². The van der Waals surface area contributed by atoms with Crippen molar-refractivity contribution in [3.05, 3.63) is 52.4 Å². The van der Waals surface area contributed by atoms with Crippen LogP contribution in [0.1, 0.15) is 89.3 Å². The summed E-state index contributed by atoms with van der Waals surface area (Å²) < 4.78 is 22.4. The summed E-state index contributed by atoms with van der Waals surface area (Å²) in [4.78, 5) is 70.9. The number of piperidine rings is 1. The fourth-order valence-corrected chi connectivity index (χ4v) is 7.19. The summed E-state index contributed by atoms with van der Waals surface area (Å²) in [5.74, 6) is -3.68. The summed E-state index contributed by atoms with van der Waals surface area (Å²) in [6.45, 7) is 6.92. The van der Waals surface area contributed by atoms with Crippen LogP contribution in [0.15, 0.2) is 36.4 Å². The summed E-state index contributed by atoms with van der Waals surface area (Å²) in [7, 11) is 6.69. The molecule has 60 heavy (non-hydrogen) atoms. The van der Waals surface area contributed by atoms with E-state index in [9.17, 15) is 34.5 Å². The molecule has 4 atom stereocenters. The first-order valence-corrected chi connectivity index (χ1v) is 19.7. The second kappa shape index (κ2) is 22.6. The molecule has 0 spiro atoms. The molecule has 0 bridgehead atoms. The first-order chi connectivity index (χ1) is 28.4. The van der Waals surface area contributed by atoms with Gasteiger partial charge in [0.15, 0.2) is 41.3 Å². The van der Waals surface area contributed by atoms with Crippen LogP contribution in [0.3, 0.4) is 0 Å². The molecule has 3 rings (SSSR count). The third kappa shape index (κ3) is 13.4. The Morgan fingerprint density at radius 2 is 1.60 bits per heavy atom. The summed E-state index contributed by atoms with van der Waals surface area (Å²) >= 11 is 0. The van der Waals surface area contributed by atoms with Crippen LogP contribution >= 0.6 is 0 Å². The molecule has 4 N–H and O–H groups in total. The van der Waals surface area contributed by atoms with Crippen LogP contribution in [0.25, 0.3) is 0 Å². The average Bonchev–Trinajstić information content (AvgIpc) is 3.21. The predicted molar refractivity (Wildman–Crippen MR) is 213 cm³/mol. The molecule has 1 heterocycles. The minimum atomic E-state index is -2.97. The highest BCUT2D eigenvalue weighted by molar-refractivity contribution is 5.88. The van der Waals surface area contributed by atoms with Crippen molar-refractivity contribution in [3.63, 3.8) is 0 Å². The highest BCUT2D eigenvalue weighted by atomic mass is 17.0. The average molecular weight is 845 g/mol. The van der Waals surface area contributed by atoms with Gasteiger partial charge in [-0.1, -0.05) is 25.5 Å². The molecule has 2 aromatic carbocycles. The maximum atomic E-state index is 12.9. The van der Waals surface area contributed by atoms with E-state index in [0.717, 1.165) is 24.0 Å². The molecule has 330 valence electrons. The van der Waals surface area contributed by atoms with Gasteiger partial charge in [-0.25, -0.2) is 14.6 Å². The Hall–Kier alpha value is -5.71. The SMILES string of the molecule is CCCC(C#N)(CCCN(C)C(C)c1ccc(OC)c(OCC(=O)NN2CCC(C(C)O[N+](=O)OC(=O)CC(O)(CC(=O)O)C(=O)O)CC2)c1)c1ccc(OC)c(OC)c1. The van der Waals surface area contributed by atoms with Gasteiger partial charge in [-0.2, -0.15) is 10.1 Å². The number of hydrogen-bond acceptors (Lipinski definition) is 15. The van der Waals surface area contributed by atoms with E-state index >= 15 is 0 Å². The summed E-state index contributed by atoms with van der Waals surface area (Å²) in [5, 5.41) is 39.6. The van der Waals surface area contributed by atoms with Gasteiger partial charge in [0, 0.05) is 25.0 Å². The van der Waals surface area contributed by atoms with Gasteiger partial charge in [0.25, 0.3) is 5.91 Å². The van der Waals surface area contributed by atoms with Crippen LogP contribution in [0.2, 0.25) is 0 Å². The molecule has 0 aromatic heterocycles. The number of aliphatic carboxylic acids is 2. The minimum Gasteiger partial charge on any atom is -0.493 e. The number of ether oxygens (including phenoxy) is 4. The topological polar surface area (TPSA) is 247 Å². The van der Waals surface area contributed by atoms with E-state index in [1.165, 1.54) is 7.11 Å². The van der Waals surface area contributed by atoms with Crippen LogP contribution < -0.4 is 24.4 Å². The first-order valence-electron chi connectivity index (χ1n) is 19.7. The van der Waals surface area contributed by atoms with Crippen LogP contribution in [-0.2, 0) is 34.3 Å². The number of nitrogens with zero attached hydrogens (tertiary/aromatic N) is 4. The van der Waals surface area contributed by atoms with Gasteiger partial charge in [-0.05, 0) is 94.9 Å². The Morgan fingerprint density at radius 3 is 2.18 bits per heavy atom. The van der Waals surface area contributed by atoms with Crippen molar-refractivity contribution < 1.29 is 68.2 Å². The summed E-state index contributed by atoms with van der Waals surface area (Å²) in [5.41, 5.74) is 1.01. The Labute approximate surface area is 349 Å². The highest BCUT2D eigenvalue weighted by Gasteiger charge is 2.44. The molecule has 19 nitrogen and oxygen atoms in total. The number of carboxylic acid groups (broad SMARTS) is 2. The van der Waals surface area contributed by atoms with E-state index in [1.54, 1.807) is 32.2 Å². The van der Waals surface area contributed by atoms with Crippen molar-refractivity contribution in [2.24, 2.45) is 5.92 Å². The lowest BCUT2D eigenvalue weighted by atomic mass is 9.74. The van der Waals surface area contributed by atoms with E-state index in [2.05, 4.69) is 35.1 Å². The monoisotopic (exact) mass is 844 g/mol. The van der Waals surface area contributed by atoms with Crippen molar-refractivity contribution in [1.82, 2.24) is 15.3 Å². The number of nitrogens with one attached hydrogen (secondary N) is 1. The Kier molecular flexibility index (Phi) is 18.3. The Balaban J connectivity index is 1.50. The number of carbonyl (C=O) groups excluding carboxylic acids is 2. The maximum absolute atomic E-state index is 12.9. The molecule has 2 aromatic rings. The lowest BCUT2D eigenvalue weighted by Crippen LogP contribution is -2.49. The highest BCUT2D eigenvalue weighted by Crippen LogP contribution is 2.39. The molecule has 0 aliphatic carbocycles. The van der Waals surface area contributed by atoms with Crippen LogP contribution in [0.5, 0.6) is 23.0 Å². The molecule has 1 aliphatic heterocycles. The fraction of sp³-hybridized carbons (Fsp3) is 0.585. The number of nitriles is 1. The Morgan fingerprint density at radius 1 is 0.967 bits per heavy atom. The van der Waals surface area contributed by atoms with Crippen molar-refractivity contribution in [2.45, 2.75) is 95.3 Å².